The van der Waals surface area contributed by atoms with Crippen LogP contribution >= 0.6 is 0 Å². The molecule has 5 heteroatoms. The number of aromatic nitrogens is 2. The first kappa shape index (κ1) is 10.4. The predicted molar refractivity (Wildman–Crippen MR) is 58.4 cm³/mol. The van der Waals surface area contributed by atoms with Gasteiger partial charge in [-0.05, 0) is 19.1 Å². The predicted octanol–water partition coefficient (Wildman–Crippen LogP) is 0.790. The van der Waals surface area contributed by atoms with Crippen molar-refractivity contribution < 1.29 is 9.90 Å². The third-order valence-electron chi connectivity index (χ3n) is 2.29. The summed E-state index contributed by atoms with van der Waals surface area (Å²) < 4.78 is 1.09. The number of carboxylic acid groups (broad SMARTS) is 1. The molecule has 0 unspecified atom stereocenters. The summed E-state index contributed by atoms with van der Waals surface area (Å²) in [5.41, 5.74) is 1.20. The number of aliphatic carboxylic acids is 1. The van der Waals surface area contributed by atoms with Crippen molar-refractivity contribution in [2.75, 3.05) is 0 Å². The lowest BCUT2D eigenvalue weighted by atomic mass is 10.2. The van der Waals surface area contributed by atoms with Crippen molar-refractivity contribution in [3.8, 4) is 0 Å². The quantitative estimate of drug-likeness (QED) is 0.808. The Hall–Kier alpha value is -2.17. The monoisotopic (exact) mass is 218 g/mol. The number of carboxylic acids is 1. The molecule has 0 saturated heterocycles. The molecule has 0 saturated carbocycles. The summed E-state index contributed by atoms with van der Waals surface area (Å²) in [6, 6.07) is 5.32. The van der Waals surface area contributed by atoms with E-state index in [0.717, 1.165) is 10.1 Å². The Labute approximate surface area is 91.0 Å². The van der Waals surface area contributed by atoms with Gasteiger partial charge in [0, 0.05) is 0 Å². The van der Waals surface area contributed by atoms with Crippen molar-refractivity contribution in [3.63, 3.8) is 0 Å². The molecule has 0 spiro atoms. The highest BCUT2D eigenvalue weighted by Gasteiger charge is 2.06. The Morgan fingerprint density at radius 1 is 1.50 bits per heavy atom. The van der Waals surface area contributed by atoms with Crippen molar-refractivity contribution in [1.29, 1.82) is 0 Å². The molecule has 1 aromatic heterocycles. The molecule has 2 aromatic rings. The van der Waals surface area contributed by atoms with Gasteiger partial charge in [0.05, 0.1) is 17.2 Å². The summed E-state index contributed by atoms with van der Waals surface area (Å²) in [6.45, 7) is 1.50. The van der Waals surface area contributed by atoms with Gasteiger partial charge in [-0.25, -0.2) is 4.98 Å². The molecule has 0 radical (unpaired) electrons. The lowest BCUT2D eigenvalue weighted by molar-refractivity contribution is -0.137. The molecule has 0 aliphatic rings. The van der Waals surface area contributed by atoms with Crippen LogP contribution in [0.2, 0.25) is 0 Å². The number of hydrogen-bond donors (Lipinski definition) is 1. The van der Waals surface area contributed by atoms with Crippen LogP contribution in [-0.2, 0) is 11.3 Å². The number of rotatable bonds is 2. The molecule has 16 heavy (non-hydrogen) atoms. The number of carbonyl (C=O) groups is 1. The molecule has 0 atom stereocenters. The first-order valence-electron chi connectivity index (χ1n) is 4.75. The molecule has 1 N–H and O–H groups in total. The van der Waals surface area contributed by atoms with Gasteiger partial charge in [0.25, 0.3) is 5.56 Å². The van der Waals surface area contributed by atoms with E-state index in [1.54, 1.807) is 12.1 Å². The van der Waals surface area contributed by atoms with Gasteiger partial charge in [-0.15, -0.1) is 0 Å². The van der Waals surface area contributed by atoms with Crippen LogP contribution in [0.25, 0.3) is 10.9 Å². The van der Waals surface area contributed by atoms with Crippen LogP contribution in [0.5, 0.6) is 0 Å². The maximum atomic E-state index is 11.9. The first-order chi connectivity index (χ1) is 7.58. The third-order valence-corrected chi connectivity index (χ3v) is 2.29. The van der Waals surface area contributed by atoms with Crippen LogP contribution in [0, 0.1) is 6.92 Å². The average Bonchev–Trinajstić information content (AvgIpc) is 2.22. The second-order valence-corrected chi connectivity index (χ2v) is 3.59. The van der Waals surface area contributed by atoms with Crippen LogP contribution in [0.15, 0.2) is 29.3 Å². The Morgan fingerprint density at radius 2 is 2.25 bits per heavy atom. The molecule has 2 rings (SSSR count). The fraction of sp³-hybridized carbons (Fsp3) is 0.182. The summed E-state index contributed by atoms with van der Waals surface area (Å²) in [4.78, 5) is 26.4. The normalized spacial score (nSPS) is 10.6. The molecule has 1 heterocycles. The van der Waals surface area contributed by atoms with Crippen molar-refractivity contribution >= 4 is 16.9 Å². The number of hydrogen-bond acceptors (Lipinski definition) is 3. The SMILES string of the molecule is Cc1ccc2ncn(CC(=O)O)c(=O)c2c1. The highest BCUT2D eigenvalue weighted by molar-refractivity contribution is 5.78. The van der Waals surface area contributed by atoms with Gasteiger partial charge in [0.1, 0.15) is 6.54 Å². The second-order valence-electron chi connectivity index (χ2n) is 3.59. The minimum atomic E-state index is -1.06. The largest absolute Gasteiger partial charge is 0.480 e. The van der Waals surface area contributed by atoms with E-state index in [0.29, 0.717) is 10.9 Å². The number of benzene rings is 1. The van der Waals surface area contributed by atoms with E-state index in [1.165, 1.54) is 6.33 Å². The fourth-order valence-electron chi connectivity index (χ4n) is 1.53. The Bertz CT molecular complexity index is 616. The van der Waals surface area contributed by atoms with Gasteiger partial charge >= 0.3 is 5.97 Å². The van der Waals surface area contributed by atoms with E-state index in [4.69, 9.17) is 5.11 Å². The Kier molecular flexibility index (Phi) is 2.44. The molecule has 5 nitrogen and oxygen atoms in total. The molecular weight excluding hydrogens is 208 g/mol. The number of fused-ring (bicyclic) bond motifs is 1. The van der Waals surface area contributed by atoms with Crippen molar-refractivity contribution in [2.45, 2.75) is 13.5 Å². The van der Waals surface area contributed by atoms with Crippen LogP contribution in [0.3, 0.4) is 0 Å². The van der Waals surface area contributed by atoms with Crippen LogP contribution in [-0.4, -0.2) is 20.6 Å². The number of nitrogens with zero attached hydrogens (tertiary/aromatic N) is 2. The summed E-state index contributed by atoms with van der Waals surface area (Å²) in [7, 11) is 0. The smallest absolute Gasteiger partial charge is 0.323 e. The second kappa shape index (κ2) is 3.77. The van der Waals surface area contributed by atoms with Crippen molar-refractivity contribution in [1.82, 2.24) is 9.55 Å². The van der Waals surface area contributed by atoms with Crippen molar-refractivity contribution in [2.24, 2.45) is 0 Å². The summed E-state index contributed by atoms with van der Waals surface area (Å²) in [5.74, 6) is -1.06. The van der Waals surface area contributed by atoms with Gasteiger partial charge in [0.2, 0.25) is 0 Å². The van der Waals surface area contributed by atoms with Gasteiger partial charge in [0.15, 0.2) is 0 Å². The molecule has 82 valence electrons. The van der Waals surface area contributed by atoms with Gasteiger partial charge in [-0.1, -0.05) is 11.6 Å². The lowest BCUT2D eigenvalue weighted by Crippen LogP contribution is -2.24. The van der Waals surface area contributed by atoms with Crippen LogP contribution in [0.1, 0.15) is 5.56 Å². The maximum Gasteiger partial charge on any atom is 0.323 e. The zero-order chi connectivity index (χ0) is 11.7. The average molecular weight is 218 g/mol. The molecule has 0 fully saturated rings. The van der Waals surface area contributed by atoms with E-state index in [9.17, 15) is 9.59 Å². The Morgan fingerprint density at radius 3 is 2.94 bits per heavy atom. The Balaban J connectivity index is 2.68. The number of aryl methyl sites for hydroxylation is 1. The minimum Gasteiger partial charge on any atom is -0.480 e. The highest BCUT2D eigenvalue weighted by Crippen LogP contribution is 2.08. The summed E-state index contributed by atoms with van der Waals surface area (Å²) in [5, 5.41) is 9.08. The molecule has 1 aromatic carbocycles. The van der Waals surface area contributed by atoms with E-state index < -0.39 is 5.97 Å². The van der Waals surface area contributed by atoms with Gasteiger partial charge in [-0.3, -0.25) is 14.2 Å². The maximum absolute atomic E-state index is 11.9. The molecule has 0 bridgehead atoms. The first-order valence-corrected chi connectivity index (χ1v) is 4.75. The van der Waals surface area contributed by atoms with Crippen molar-refractivity contribution in [3.05, 3.63) is 40.4 Å². The molecule has 0 aliphatic carbocycles. The zero-order valence-electron chi connectivity index (χ0n) is 8.67. The van der Waals surface area contributed by atoms with Gasteiger partial charge < -0.3 is 5.11 Å². The molecule has 0 aliphatic heterocycles. The summed E-state index contributed by atoms with van der Waals surface area (Å²) >= 11 is 0. The fourth-order valence-corrected chi connectivity index (χ4v) is 1.53. The van der Waals surface area contributed by atoms with Crippen LogP contribution in [0.4, 0.5) is 0 Å². The van der Waals surface area contributed by atoms with E-state index in [1.807, 2.05) is 13.0 Å². The van der Waals surface area contributed by atoms with Gasteiger partial charge in [-0.2, -0.15) is 0 Å². The highest BCUT2D eigenvalue weighted by atomic mass is 16.4. The lowest BCUT2D eigenvalue weighted by Gasteiger charge is -2.03. The van der Waals surface area contributed by atoms with E-state index in [-0.39, 0.29) is 12.1 Å². The molecular formula is C11H10N2O3. The standard InChI is InChI=1S/C11H10N2O3/c1-7-2-3-9-8(4-7)11(16)13(6-12-9)5-10(14)15/h2-4,6H,5H2,1H3,(H,14,15). The van der Waals surface area contributed by atoms with E-state index in [2.05, 4.69) is 4.98 Å². The summed E-state index contributed by atoms with van der Waals surface area (Å²) in [6.07, 6.45) is 1.26. The molecule has 0 amide bonds. The van der Waals surface area contributed by atoms with Crippen LogP contribution < -0.4 is 5.56 Å². The topological polar surface area (TPSA) is 72.2 Å². The van der Waals surface area contributed by atoms with E-state index >= 15 is 0 Å². The third kappa shape index (κ3) is 1.79. The zero-order valence-corrected chi connectivity index (χ0v) is 8.67. The minimum absolute atomic E-state index is 0.323.